The quantitative estimate of drug-likeness (QED) is 0.538. The van der Waals surface area contributed by atoms with Gasteiger partial charge in [0.15, 0.2) is 5.65 Å². The number of likely N-dealkylation sites (tertiary alicyclic amines) is 2. The summed E-state index contributed by atoms with van der Waals surface area (Å²) in [4.78, 5) is 40.0. The van der Waals surface area contributed by atoms with Crippen LogP contribution in [-0.2, 0) is 9.53 Å². The number of piperidine rings is 1. The highest BCUT2D eigenvalue weighted by atomic mass is 16.6. The van der Waals surface area contributed by atoms with E-state index in [9.17, 15) is 9.59 Å². The molecular weight excluding hydrogens is 472 g/mol. The Morgan fingerprint density at radius 3 is 2.65 bits per heavy atom. The Morgan fingerprint density at radius 1 is 1.19 bits per heavy atom. The summed E-state index contributed by atoms with van der Waals surface area (Å²) in [5, 5.41) is 8.02. The van der Waals surface area contributed by atoms with E-state index in [1.807, 2.05) is 43.1 Å². The van der Waals surface area contributed by atoms with Crippen molar-refractivity contribution in [2.24, 2.45) is 0 Å². The molecule has 2 amide bonds. The zero-order valence-electron chi connectivity index (χ0n) is 22.7. The predicted molar refractivity (Wildman–Crippen MR) is 142 cm³/mol. The maximum atomic E-state index is 12.8. The number of ether oxygens (including phenoxy) is 1. The minimum atomic E-state index is -0.310. The number of carbonyl (C=O) groups is 2. The number of aryl methyl sites for hydroxylation is 1. The lowest BCUT2D eigenvalue weighted by Crippen LogP contribution is -2.44. The third kappa shape index (κ3) is 6.57. The molecule has 0 saturated carbocycles. The van der Waals surface area contributed by atoms with Gasteiger partial charge in [0, 0.05) is 43.9 Å². The molecule has 0 spiro atoms. The van der Waals surface area contributed by atoms with Crippen LogP contribution in [-0.4, -0.2) is 105 Å². The van der Waals surface area contributed by atoms with E-state index >= 15 is 0 Å². The monoisotopic (exact) mass is 512 g/mol. The Bertz CT molecular complexity index is 1120. The number of nitrogens with zero attached hydrogens (tertiary/aromatic N) is 7. The molecule has 4 rings (SSSR count). The van der Waals surface area contributed by atoms with E-state index in [0.717, 1.165) is 36.9 Å². The van der Waals surface area contributed by atoms with Crippen molar-refractivity contribution < 1.29 is 14.3 Å². The van der Waals surface area contributed by atoms with Crippen molar-refractivity contribution >= 4 is 23.6 Å². The SMILES string of the molecule is Cc1nc(NC2CCN(C(=O)OCC3CCCN3C(=O)/C=C/CN(C)C)CC2)n2ncc(C(C)C)c2n1. The lowest BCUT2D eigenvalue weighted by Gasteiger charge is -2.32. The van der Waals surface area contributed by atoms with Crippen LogP contribution in [0.3, 0.4) is 0 Å². The highest BCUT2D eigenvalue weighted by Crippen LogP contribution is 2.23. The predicted octanol–water partition coefficient (Wildman–Crippen LogP) is 2.68. The molecule has 1 N–H and O–H groups in total. The fourth-order valence-corrected chi connectivity index (χ4v) is 4.91. The van der Waals surface area contributed by atoms with Crippen LogP contribution in [0, 0.1) is 6.92 Å². The number of likely N-dealkylation sites (N-methyl/N-ethyl adjacent to an activating group) is 1. The molecular formula is C26H40N8O3. The zero-order valence-corrected chi connectivity index (χ0v) is 22.7. The molecule has 11 nitrogen and oxygen atoms in total. The van der Waals surface area contributed by atoms with Crippen LogP contribution < -0.4 is 5.32 Å². The second-order valence-electron chi connectivity index (χ2n) is 10.6. The minimum absolute atomic E-state index is 0.0148. The first kappa shape index (κ1) is 26.8. The normalized spacial score (nSPS) is 19.1. The molecule has 2 fully saturated rings. The van der Waals surface area contributed by atoms with Crippen molar-refractivity contribution in [3.05, 3.63) is 29.7 Å². The maximum Gasteiger partial charge on any atom is 0.409 e. The Labute approximate surface area is 218 Å². The van der Waals surface area contributed by atoms with Crippen LogP contribution >= 0.6 is 0 Å². The Morgan fingerprint density at radius 2 is 1.95 bits per heavy atom. The molecule has 0 bridgehead atoms. The lowest BCUT2D eigenvalue weighted by atomic mass is 10.1. The summed E-state index contributed by atoms with van der Waals surface area (Å²) < 4.78 is 7.42. The summed E-state index contributed by atoms with van der Waals surface area (Å²) in [5.74, 6) is 1.69. The largest absolute Gasteiger partial charge is 0.447 e. The molecule has 202 valence electrons. The van der Waals surface area contributed by atoms with Gasteiger partial charge in [0.25, 0.3) is 0 Å². The molecule has 2 aliphatic rings. The number of carbonyl (C=O) groups excluding carboxylic acids is 2. The molecule has 0 aliphatic carbocycles. The fourth-order valence-electron chi connectivity index (χ4n) is 4.91. The van der Waals surface area contributed by atoms with Crippen molar-refractivity contribution in [2.45, 2.75) is 64.5 Å². The molecule has 0 aromatic carbocycles. The van der Waals surface area contributed by atoms with E-state index < -0.39 is 0 Å². The van der Waals surface area contributed by atoms with Crippen LogP contribution in [0.4, 0.5) is 10.7 Å². The second kappa shape index (κ2) is 11.9. The average Bonchev–Trinajstić information content (AvgIpc) is 3.50. The number of nitrogens with one attached hydrogen (secondary N) is 1. The van der Waals surface area contributed by atoms with Crippen molar-refractivity contribution in [2.75, 3.05) is 52.2 Å². The van der Waals surface area contributed by atoms with Crippen LogP contribution in [0.5, 0.6) is 0 Å². The number of amides is 2. The number of hydrogen-bond donors (Lipinski definition) is 1. The van der Waals surface area contributed by atoms with Gasteiger partial charge in [-0.15, -0.1) is 0 Å². The van der Waals surface area contributed by atoms with Gasteiger partial charge in [0.1, 0.15) is 12.4 Å². The average molecular weight is 513 g/mol. The Kier molecular flexibility index (Phi) is 8.63. The zero-order chi connectivity index (χ0) is 26.5. The van der Waals surface area contributed by atoms with Crippen LogP contribution in [0.25, 0.3) is 5.65 Å². The van der Waals surface area contributed by atoms with Gasteiger partial charge in [-0.1, -0.05) is 19.9 Å². The first-order valence-electron chi connectivity index (χ1n) is 13.2. The summed E-state index contributed by atoms with van der Waals surface area (Å²) in [5.41, 5.74) is 1.93. The first-order chi connectivity index (χ1) is 17.7. The molecule has 2 aromatic heterocycles. The van der Waals surface area contributed by atoms with Gasteiger partial charge >= 0.3 is 6.09 Å². The Balaban J connectivity index is 1.26. The molecule has 37 heavy (non-hydrogen) atoms. The van der Waals surface area contributed by atoms with Gasteiger partial charge in [-0.2, -0.15) is 14.6 Å². The molecule has 2 saturated heterocycles. The number of rotatable bonds is 8. The van der Waals surface area contributed by atoms with E-state index in [4.69, 9.17) is 4.74 Å². The first-order valence-corrected chi connectivity index (χ1v) is 13.2. The number of fused-ring (bicyclic) bond motifs is 1. The van der Waals surface area contributed by atoms with Crippen molar-refractivity contribution in [3.63, 3.8) is 0 Å². The van der Waals surface area contributed by atoms with Crippen molar-refractivity contribution in [1.82, 2.24) is 34.3 Å². The summed E-state index contributed by atoms with van der Waals surface area (Å²) >= 11 is 0. The van der Waals surface area contributed by atoms with Gasteiger partial charge in [-0.05, 0) is 52.6 Å². The third-order valence-corrected chi connectivity index (χ3v) is 7.01. The highest BCUT2D eigenvalue weighted by Gasteiger charge is 2.30. The number of aromatic nitrogens is 4. The smallest absolute Gasteiger partial charge is 0.409 e. The standard InChI is InChI=1S/C26H40N8O3/c1-18(2)22-16-27-34-24(22)28-19(3)29-25(34)30-20-10-14-32(15-11-20)26(36)37-17-21-8-6-13-33(21)23(35)9-7-12-31(4)5/h7,9,16,18,20-21H,6,8,10-15,17H2,1-5H3,(H,28,29,30)/b9-7+. The summed E-state index contributed by atoms with van der Waals surface area (Å²) in [6, 6.07) is 0.109. The molecule has 11 heteroatoms. The van der Waals surface area contributed by atoms with E-state index in [1.165, 1.54) is 0 Å². The van der Waals surface area contributed by atoms with Gasteiger partial charge in [0.2, 0.25) is 11.9 Å². The van der Waals surface area contributed by atoms with Crippen LogP contribution in [0.1, 0.15) is 56.8 Å². The molecule has 1 unspecified atom stereocenters. The molecule has 1 atom stereocenters. The van der Waals surface area contributed by atoms with E-state index in [1.54, 1.807) is 15.5 Å². The van der Waals surface area contributed by atoms with Crippen LogP contribution in [0.15, 0.2) is 18.3 Å². The molecule has 0 radical (unpaired) electrons. The molecule has 2 aliphatic heterocycles. The third-order valence-electron chi connectivity index (χ3n) is 7.01. The molecule has 2 aromatic rings. The van der Waals surface area contributed by atoms with Crippen molar-refractivity contribution in [1.29, 1.82) is 0 Å². The summed E-state index contributed by atoms with van der Waals surface area (Å²) in [7, 11) is 3.92. The highest BCUT2D eigenvalue weighted by molar-refractivity contribution is 5.88. The van der Waals surface area contributed by atoms with Crippen molar-refractivity contribution in [3.8, 4) is 0 Å². The maximum absolute atomic E-state index is 12.8. The van der Waals surface area contributed by atoms with Gasteiger partial charge < -0.3 is 24.8 Å². The minimum Gasteiger partial charge on any atom is -0.447 e. The lowest BCUT2D eigenvalue weighted by molar-refractivity contribution is -0.127. The van der Waals surface area contributed by atoms with E-state index in [0.29, 0.717) is 43.9 Å². The van der Waals surface area contributed by atoms with Crippen LogP contribution in [0.2, 0.25) is 0 Å². The van der Waals surface area contributed by atoms with Gasteiger partial charge in [0.05, 0.1) is 12.2 Å². The number of anilines is 1. The van der Waals surface area contributed by atoms with E-state index in [-0.39, 0.29) is 30.7 Å². The number of hydrogen-bond acceptors (Lipinski definition) is 8. The Hall–Kier alpha value is -3.21. The summed E-state index contributed by atoms with van der Waals surface area (Å²) in [6.45, 7) is 8.99. The van der Waals surface area contributed by atoms with E-state index in [2.05, 4.69) is 34.2 Å². The summed E-state index contributed by atoms with van der Waals surface area (Å²) in [6.07, 6.45) is 8.38. The topological polar surface area (TPSA) is 108 Å². The second-order valence-corrected chi connectivity index (χ2v) is 10.6. The fraction of sp³-hybridized carbons (Fsp3) is 0.654. The van der Waals surface area contributed by atoms with Gasteiger partial charge in [-0.25, -0.2) is 9.78 Å². The molecule has 4 heterocycles. The van der Waals surface area contributed by atoms with Gasteiger partial charge in [-0.3, -0.25) is 4.79 Å².